The number of thiocyanates is 1. The van der Waals surface area contributed by atoms with Crippen LogP contribution in [0.3, 0.4) is 0 Å². The number of methoxy groups -OCH3 is 1. The van der Waals surface area contributed by atoms with E-state index in [1.807, 2.05) is 11.9 Å². The molecule has 1 amide bonds. The van der Waals surface area contributed by atoms with Crippen LogP contribution in [0.2, 0.25) is 0 Å². The van der Waals surface area contributed by atoms with Gasteiger partial charge in [0.2, 0.25) is 0 Å². The highest BCUT2D eigenvalue weighted by Crippen LogP contribution is 2.33. The third-order valence-electron chi connectivity index (χ3n) is 3.12. The highest BCUT2D eigenvalue weighted by atomic mass is 32.2. The maximum absolute atomic E-state index is 12.9. The van der Waals surface area contributed by atoms with Gasteiger partial charge in [0, 0.05) is 37.2 Å². The number of likely N-dealkylation sites (N-methyl/N-ethyl adjacent to an activating group) is 1. The summed E-state index contributed by atoms with van der Waals surface area (Å²) in [7, 11) is 3.43. The van der Waals surface area contributed by atoms with E-state index in [9.17, 15) is 18.0 Å². The molecule has 1 aromatic rings. The fourth-order valence-electron chi connectivity index (χ4n) is 1.83. The molecular weight excluding hydrogens is 343 g/mol. The molecule has 0 atom stereocenters. The molecule has 1 aromatic carbocycles. The number of nitrogens with one attached hydrogen (secondary N) is 1. The van der Waals surface area contributed by atoms with Crippen LogP contribution in [0.4, 0.5) is 13.2 Å². The lowest BCUT2D eigenvalue weighted by Gasteiger charge is -2.16. The summed E-state index contributed by atoms with van der Waals surface area (Å²) in [5.74, 6) is -0.610. The first-order valence-electron chi connectivity index (χ1n) is 7.02. The number of alkyl halides is 3. The molecule has 0 bridgehead atoms. The summed E-state index contributed by atoms with van der Waals surface area (Å²) in [6.07, 6.45) is -4.58. The quantitative estimate of drug-likeness (QED) is 0.570. The predicted octanol–water partition coefficient (Wildman–Crippen LogP) is 2.59. The van der Waals surface area contributed by atoms with Gasteiger partial charge in [-0.25, -0.2) is 0 Å². The maximum atomic E-state index is 12.9. The Morgan fingerprint density at radius 3 is 2.67 bits per heavy atom. The van der Waals surface area contributed by atoms with E-state index in [0.717, 1.165) is 12.1 Å². The van der Waals surface area contributed by atoms with E-state index in [0.29, 0.717) is 31.5 Å². The number of ether oxygens (including phenoxy) is 1. The van der Waals surface area contributed by atoms with Gasteiger partial charge >= 0.3 is 6.18 Å². The van der Waals surface area contributed by atoms with Crippen molar-refractivity contribution in [3.63, 3.8) is 0 Å². The van der Waals surface area contributed by atoms with E-state index in [-0.39, 0.29) is 17.0 Å². The molecule has 0 unspecified atom stereocenters. The second-order valence-corrected chi connectivity index (χ2v) is 5.85. The van der Waals surface area contributed by atoms with Gasteiger partial charge in [0.25, 0.3) is 5.91 Å². The highest BCUT2D eigenvalue weighted by Gasteiger charge is 2.31. The van der Waals surface area contributed by atoms with Gasteiger partial charge in [-0.1, -0.05) is 0 Å². The van der Waals surface area contributed by atoms with Crippen LogP contribution in [0, 0.1) is 10.7 Å². The minimum atomic E-state index is -4.58. The molecule has 5 nitrogen and oxygen atoms in total. The molecule has 132 valence electrons. The third kappa shape index (κ3) is 6.78. The van der Waals surface area contributed by atoms with Gasteiger partial charge < -0.3 is 15.0 Å². The minimum absolute atomic E-state index is 0.0784. The van der Waals surface area contributed by atoms with Crippen LogP contribution in [-0.2, 0) is 10.9 Å². The van der Waals surface area contributed by atoms with E-state index >= 15 is 0 Å². The molecule has 1 rings (SSSR count). The van der Waals surface area contributed by atoms with Crippen LogP contribution >= 0.6 is 11.8 Å². The second kappa shape index (κ2) is 9.52. The fourth-order valence-corrected chi connectivity index (χ4v) is 2.30. The molecule has 0 saturated carbocycles. The zero-order chi connectivity index (χ0) is 18.2. The lowest BCUT2D eigenvalue weighted by atomic mass is 10.1. The Balaban J connectivity index is 2.75. The molecule has 24 heavy (non-hydrogen) atoms. The molecule has 0 heterocycles. The van der Waals surface area contributed by atoms with Crippen LogP contribution < -0.4 is 5.32 Å². The van der Waals surface area contributed by atoms with Crippen LogP contribution in [-0.4, -0.2) is 51.2 Å². The summed E-state index contributed by atoms with van der Waals surface area (Å²) < 4.78 is 43.6. The first-order chi connectivity index (χ1) is 11.3. The highest BCUT2D eigenvalue weighted by molar-refractivity contribution is 8.03. The number of carbonyl (C=O) groups excluding carboxylic acids is 1. The zero-order valence-corrected chi connectivity index (χ0v) is 14.1. The van der Waals surface area contributed by atoms with E-state index in [1.54, 1.807) is 12.5 Å². The van der Waals surface area contributed by atoms with Crippen molar-refractivity contribution in [2.75, 3.05) is 40.4 Å². The van der Waals surface area contributed by atoms with Crippen molar-refractivity contribution >= 4 is 17.7 Å². The average Bonchev–Trinajstić information content (AvgIpc) is 2.52. The summed E-state index contributed by atoms with van der Waals surface area (Å²) in [4.78, 5) is 14.1. The number of carbonyl (C=O) groups is 1. The van der Waals surface area contributed by atoms with Crippen molar-refractivity contribution in [3.8, 4) is 5.40 Å². The summed E-state index contributed by atoms with van der Waals surface area (Å²) in [6, 6.07) is 2.90. The number of hydrogen-bond acceptors (Lipinski definition) is 5. The summed E-state index contributed by atoms with van der Waals surface area (Å²) in [6.45, 7) is 2.05. The van der Waals surface area contributed by atoms with E-state index in [1.165, 1.54) is 6.07 Å². The van der Waals surface area contributed by atoms with Gasteiger partial charge in [-0.3, -0.25) is 4.79 Å². The van der Waals surface area contributed by atoms with Gasteiger partial charge in [0.05, 0.1) is 12.2 Å². The summed E-state index contributed by atoms with van der Waals surface area (Å²) >= 11 is 0.578. The Morgan fingerprint density at radius 1 is 1.38 bits per heavy atom. The topological polar surface area (TPSA) is 65.4 Å². The van der Waals surface area contributed by atoms with Crippen LogP contribution in [0.15, 0.2) is 23.1 Å². The third-order valence-corrected chi connectivity index (χ3v) is 3.68. The monoisotopic (exact) mass is 361 g/mol. The second-order valence-electron chi connectivity index (χ2n) is 4.99. The molecular formula is C15H18F3N3O2S. The number of rotatable bonds is 8. The molecule has 0 radical (unpaired) electrons. The number of benzene rings is 1. The van der Waals surface area contributed by atoms with Crippen LogP contribution in [0.25, 0.3) is 0 Å². The number of nitrogens with zero attached hydrogens (tertiary/aromatic N) is 2. The molecule has 0 aliphatic rings. The Hall–Kier alpha value is -1.76. The molecule has 9 heteroatoms. The Morgan fingerprint density at radius 2 is 2.08 bits per heavy atom. The Labute approximate surface area is 142 Å². The molecule has 0 spiro atoms. The Kier molecular flexibility index (Phi) is 8.04. The number of hydrogen-bond donors (Lipinski definition) is 1. The summed E-state index contributed by atoms with van der Waals surface area (Å²) in [5.41, 5.74) is -1.08. The van der Waals surface area contributed by atoms with Gasteiger partial charge in [-0.2, -0.15) is 18.4 Å². The van der Waals surface area contributed by atoms with Crippen molar-refractivity contribution in [1.29, 1.82) is 5.26 Å². The number of nitriles is 1. The number of halogens is 3. The zero-order valence-electron chi connectivity index (χ0n) is 13.3. The van der Waals surface area contributed by atoms with Crippen molar-refractivity contribution in [3.05, 3.63) is 29.3 Å². The van der Waals surface area contributed by atoms with Gasteiger partial charge in [-0.15, -0.1) is 0 Å². The lowest BCUT2D eigenvalue weighted by molar-refractivity contribution is -0.137. The number of amides is 1. The first kappa shape index (κ1) is 20.3. The van der Waals surface area contributed by atoms with E-state index < -0.39 is 17.6 Å². The minimum Gasteiger partial charge on any atom is -0.383 e. The average molecular weight is 361 g/mol. The van der Waals surface area contributed by atoms with Crippen LogP contribution in [0.5, 0.6) is 0 Å². The maximum Gasteiger partial charge on any atom is 0.416 e. The fraction of sp³-hybridized carbons (Fsp3) is 0.467. The smallest absolute Gasteiger partial charge is 0.383 e. The molecule has 0 aliphatic heterocycles. The van der Waals surface area contributed by atoms with Gasteiger partial charge in [0.15, 0.2) is 0 Å². The van der Waals surface area contributed by atoms with Gasteiger partial charge in [0.1, 0.15) is 5.40 Å². The Bertz CT molecular complexity index is 603. The summed E-state index contributed by atoms with van der Waals surface area (Å²) in [5, 5.41) is 12.9. The van der Waals surface area contributed by atoms with E-state index in [4.69, 9.17) is 10.00 Å². The molecule has 0 aliphatic carbocycles. The van der Waals surface area contributed by atoms with Crippen LogP contribution in [0.1, 0.15) is 15.9 Å². The standard InChI is InChI=1S/C15H18F3N3O2S/c1-21(5-6-23-2)4-3-20-14(22)11-7-12(15(16,17)18)9-13(8-11)24-10-19/h7-9H,3-6H2,1-2H3,(H,20,22). The molecule has 0 fully saturated rings. The largest absolute Gasteiger partial charge is 0.416 e. The molecule has 0 saturated heterocycles. The lowest BCUT2D eigenvalue weighted by Crippen LogP contribution is -2.34. The molecule has 1 N–H and O–H groups in total. The van der Waals surface area contributed by atoms with E-state index in [2.05, 4.69) is 5.32 Å². The first-order valence-corrected chi connectivity index (χ1v) is 7.83. The molecule has 0 aromatic heterocycles. The van der Waals surface area contributed by atoms with Crippen molar-refractivity contribution in [2.24, 2.45) is 0 Å². The normalized spacial score (nSPS) is 11.4. The van der Waals surface area contributed by atoms with Crippen molar-refractivity contribution in [1.82, 2.24) is 10.2 Å². The van der Waals surface area contributed by atoms with Crippen molar-refractivity contribution < 1.29 is 22.7 Å². The van der Waals surface area contributed by atoms with Crippen molar-refractivity contribution in [2.45, 2.75) is 11.1 Å². The predicted molar refractivity (Wildman–Crippen MR) is 84.6 cm³/mol. The number of thioether (sulfide) groups is 1. The van der Waals surface area contributed by atoms with Gasteiger partial charge in [-0.05, 0) is 37.0 Å². The SMILES string of the molecule is COCCN(C)CCNC(=O)c1cc(SC#N)cc(C(F)(F)F)c1.